The molecule has 3 rings (SSSR count). The standard InChI is InChI=1S/C24H27ClN2O2/c1-17-22(15-26-14-6-9-19-7-4-3-5-8-19)23(24(28)29)18(2)27(17)16-20-10-12-21(25)13-11-20/h3-5,7-8,10-13,26H,6,9,14-16H2,1-2H3,(H,28,29). The van der Waals surface area contributed by atoms with Crippen LogP contribution in [0.3, 0.4) is 0 Å². The van der Waals surface area contributed by atoms with Crippen LogP contribution in [0.15, 0.2) is 54.6 Å². The molecular weight excluding hydrogens is 384 g/mol. The molecule has 0 atom stereocenters. The summed E-state index contributed by atoms with van der Waals surface area (Å²) in [6.07, 6.45) is 2.02. The summed E-state index contributed by atoms with van der Waals surface area (Å²) in [6, 6.07) is 18.1. The van der Waals surface area contributed by atoms with Crippen molar-refractivity contribution < 1.29 is 9.90 Å². The fraction of sp³-hybridized carbons (Fsp3) is 0.292. The highest BCUT2D eigenvalue weighted by atomic mass is 35.5. The average molecular weight is 411 g/mol. The zero-order valence-corrected chi connectivity index (χ0v) is 17.7. The predicted molar refractivity (Wildman–Crippen MR) is 118 cm³/mol. The summed E-state index contributed by atoms with van der Waals surface area (Å²) in [5.41, 5.74) is 5.46. The molecule has 0 amide bonds. The number of carbonyl (C=O) groups is 1. The van der Waals surface area contributed by atoms with Crippen LogP contribution < -0.4 is 5.32 Å². The van der Waals surface area contributed by atoms with E-state index in [0.717, 1.165) is 41.9 Å². The molecule has 0 aliphatic heterocycles. The summed E-state index contributed by atoms with van der Waals surface area (Å²) in [4.78, 5) is 11.9. The first kappa shape index (κ1) is 21.2. The van der Waals surface area contributed by atoms with E-state index < -0.39 is 5.97 Å². The summed E-state index contributed by atoms with van der Waals surface area (Å²) >= 11 is 5.98. The second-order valence-electron chi connectivity index (χ2n) is 7.31. The van der Waals surface area contributed by atoms with Gasteiger partial charge in [0.25, 0.3) is 0 Å². The monoisotopic (exact) mass is 410 g/mol. The molecule has 0 fully saturated rings. The molecule has 0 saturated carbocycles. The van der Waals surface area contributed by atoms with Gasteiger partial charge in [-0.05, 0) is 56.5 Å². The van der Waals surface area contributed by atoms with E-state index in [1.807, 2.05) is 44.2 Å². The summed E-state index contributed by atoms with van der Waals surface area (Å²) in [5, 5.41) is 13.9. The van der Waals surface area contributed by atoms with E-state index in [2.05, 4.69) is 34.1 Å². The highest BCUT2D eigenvalue weighted by Gasteiger charge is 2.22. The quantitative estimate of drug-likeness (QED) is 0.475. The van der Waals surface area contributed by atoms with Crippen molar-refractivity contribution in [3.8, 4) is 0 Å². The van der Waals surface area contributed by atoms with Crippen molar-refractivity contribution in [2.24, 2.45) is 0 Å². The minimum absolute atomic E-state index is 0.409. The van der Waals surface area contributed by atoms with E-state index in [0.29, 0.717) is 23.7 Å². The van der Waals surface area contributed by atoms with Gasteiger partial charge in [-0.25, -0.2) is 4.79 Å². The Kier molecular flexibility index (Phi) is 7.13. The summed E-state index contributed by atoms with van der Waals surface area (Å²) in [6.45, 7) is 5.90. The van der Waals surface area contributed by atoms with Gasteiger partial charge in [-0.2, -0.15) is 0 Å². The molecule has 0 unspecified atom stereocenters. The van der Waals surface area contributed by atoms with Gasteiger partial charge in [-0.15, -0.1) is 0 Å². The summed E-state index contributed by atoms with van der Waals surface area (Å²) < 4.78 is 2.08. The summed E-state index contributed by atoms with van der Waals surface area (Å²) in [7, 11) is 0. The fourth-order valence-electron chi connectivity index (χ4n) is 3.73. The lowest BCUT2D eigenvalue weighted by molar-refractivity contribution is 0.0694. The maximum Gasteiger partial charge on any atom is 0.337 e. The van der Waals surface area contributed by atoms with Crippen molar-refractivity contribution in [1.29, 1.82) is 0 Å². The van der Waals surface area contributed by atoms with Gasteiger partial charge in [0.2, 0.25) is 0 Å². The van der Waals surface area contributed by atoms with E-state index >= 15 is 0 Å². The predicted octanol–water partition coefficient (Wildman–Crippen LogP) is 5.23. The molecule has 0 spiro atoms. The minimum Gasteiger partial charge on any atom is -0.478 e. The number of aromatic nitrogens is 1. The van der Waals surface area contributed by atoms with Crippen molar-refractivity contribution in [3.05, 3.63) is 93.3 Å². The number of carboxylic acids is 1. The Balaban J connectivity index is 1.68. The SMILES string of the molecule is Cc1c(CNCCCc2ccccc2)c(C(=O)O)c(C)n1Cc1ccc(Cl)cc1. The molecule has 0 saturated heterocycles. The first-order valence-electron chi connectivity index (χ1n) is 9.88. The van der Waals surface area contributed by atoms with E-state index in [1.165, 1.54) is 5.56 Å². The number of halogens is 1. The number of carboxylic acid groups (broad SMARTS) is 1. The molecular formula is C24H27ClN2O2. The van der Waals surface area contributed by atoms with Crippen LogP contribution in [0.5, 0.6) is 0 Å². The number of rotatable bonds is 9. The van der Waals surface area contributed by atoms with Crippen LogP contribution in [0.2, 0.25) is 5.02 Å². The lowest BCUT2D eigenvalue weighted by Gasteiger charge is -2.10. The number of nitrogens with zero attached hydrogens (tertiary/aromatic N) is 1. The van der Waals surface area contributed by atoms with E-state index in [4.69, 9.17) is 11.6 Å². The van der Waals surface area contributed by atoms with Gasteiger partial charge in [0.15, 0.2) is 0 Å². The van der Waals surface area contributed by atoms with Crippen molar-refractivity contribution >= 4 is 17.6 Å². The molecule has 1 heterocycles. The number of hydrogen-bond donors (Lipinski definition) is 2. The normalized spacial score (nSPS) is 11.0. The summed E-state index contributed by atoms with van der Waals surface area (Å²) in [5.74, 6) is -0.874. The van der Waals surface area contributed by atoms with Gasteiger partial charge < -0.3 is 15.0 Å². The van der Waals surface area contributed by atoms with Crippen LogP contribution in [-0.4, -0.2) is 22.2 Å². The molecule has 29 heavy (non-hydrogen) atoms. The molecule has 4 nitrogen and oxygen atoms in total. The van der Waals surface area contributed by atoms with E-state index in [-0.39, 0.29) is 0 Å². The van der Waals surface area contributed by atoms with Crippen molar-refractivity contribution in [1.82, 2.24) is 9.88 Å². The molecule has 3 aromatic rings. The number of nitrogens with one attached hydrogen (secondary N) is 1. The van der Waals surface area contributed by atoms with Gasteiger partial charge in [-0.1, -0.05) is 54.1 Å². The smallest absolute Gasteiger partial charge is 0.337 e. The van der Waals surface area contributed by atoms with Gasteiger partial charge in [0.05, 0.1) is 5.56 Å². The Bertz CT molecular complexity index is 963. The molecule has 0 bridgehead atoms. The first-order valence-corrected chi connectivity index (χ1v) is 10.3. The van der Waals surface area contributed by atoms with E-state index in [9.17, 15) is 9.90 Å². The molecule has 152 valence electrons. The van der Waals surface area contributed by atoms with Gasteiger partial charge in [0, 0.05) is 35.1 Å². The van der Waals surface area contributed by atoms with Gasteiger partial charge in [-0.3, -0.25) is 0 Å². The molecule has 0 aliphatic rings. The third-order valence-electron chi connectivity index (χ3n) is 5.34. The lowest BCUT2D eigenvalue weighted by atomic mass is 10.1. The van der Waals surface area contributed by atoms with Crippen LogP contribution in [0.25, 0.3) is 0 Å². The van der Waals surface area contributed by atoms with Gasteiger partial charge in [0.1, 0.15) is 0 Å². The second-order valence-corrected chi connectivity index (χ2v) is 7.74. The Hall–Kier alpha value is -2.56. The Morgan fingerprint density at radius 3 is 2.34 bits per heavy atom. The Morgan fingerprint density at radius 1 is 1.00 bits per heavy atom. The van der Waals surface area contributed by atoms with Crippen molar-refractivity contribution in [2.75, 3.05) is 6.54 Å². The third-order valence-corrected chi connectivity index (χ3v) is 5.59. The fourth-order valence-corrected chi connectivity index (χ4v) is 3.86. The Labute approximate surface area is 177 Å². The first-order chi connectivity index (χ1) is 14.0. The van der Waals surface area contributed by atoms with E-state index in [1.54, 1.807) is 0 Å². The van der Waals surface area contributed by atoms with Crippen LogP contribution in [0.1, 0.15) is 44.9 Å². The zero-order chi connectivity index (χ0) is 20.8. The van der Waals surface area contributed by atoms with Gasteiger partial charge >= 0.3 is 5.97 Å². The molecule has 2 aromatic carbocycles. The lowest BCUT2D eigenvalue weighted by Crippen LogP contribution is -2.17. The van der Waals surface area contributed by atoms with Crippen LogP contribution in [-0.2, 0) is 19.5 Å². The van der Waals surface area contributed by atoms with Crippen LogP contribution >= 0.6 is 11.6 Å². The topological polar surface area (TPSA) is 54.3 Å². The largest absolute Gasteiger partial charge is 0.478 e. The maximum absolute atomic E-state index is 11.9. The number of aryl methyl sites for hydroxylation is 1. The zero-order valence-electron chi connectivity index (χ0n) is 16.9. The second kappa shape index (κ2) is 9.77. The average Bonchev–Trinajstić information content (AvgIpc) is 2.94. The molecule has 0 radical (unpaired) electrons. The number of benzene rings is 2. The van der Waals surface area contributed by atoms with Crippen LogP contribution in [0, 0.1) is 13.8 Å². The number of aromatic carboxylic acids is 1. The molecule has 0 aliphatic carbocycles. The Morgan fingerprint density at radius 2 is 1.69 bits per heavy atom. The molecule has 2 N–H and O–H groups in total. The van der Waals surface area contributed by atoms with Crippen LogP contribution in [0.4, 0.5) is 0 Å². The highest BCUT2D eigenvalue weighted by molar-refractivity contribution is 6.30. The molecule has 1 aromatic heterocycles. The maximum atomic E-state index is 11.9. The number of hydrogen-bond acceptors (Lipinski definition) is 2. The third kappa shape index (κ3) is 5.28. The highest BCUT2D eigenvalue weighted by Crippen LogP contribution is 2.24. The molecule has 5 heteroatoms. The van der Waals surface area contributed by atoms with Crippen molar-refractivity contribution in [3.63, 3.8) is 0 Å². The minimum atomic E-state index is -0.874. The van der Waals surface area contributed by atoms with Crippen molar-refractivity contribution in [2.45, 2.75) is 39.8 Å².